The van der Waals surface area contributed by atoms with Crippen molar-refractivity contribution in [2.24, 2.45) is 0 Å². The lowest BCUT2D eigenvalue weighted by atomic mass is 9.96. The quantitative estimate of drug-likeness (QED) is 0.777. The van der Waals surface area contributed by atoms with Crippen LogP contribution in [0, 0.1) is 0 Å². The van der Waals surface area contributed by atoms with Crippen molar-refractivity contribution in [3.63, 3.8) is 0 Å². The smallest absolute Gasteiger partial charge is 0.244 e. The number of piperazine rings is 1. The van der Waals surface area contributed by atoms with Crippen molar-refractivity contribution < 1.29 is 4.79 Å². The van der Waals surface area contributed by atoms with Gasteiger partial charge in [0.2, 0.25) is 5.91 Å². The standard InChI is InChI=1S/C21H29N5O.2ClH/c27-21(17-26-20(8-10-23-26)19-7-4-9-22-15-19)25-13-11-24(12-14-25)16-18-5-2-1-3-6-18;;/h1-3,5-6,8,10,19,22H,4,7,9,11-17H2;2*1H. The first kappa shape index (κ1) is 23.7. The molecule has 0 saturated carbocycles. The van der Waals surface area contributed by atoms with Gasteiger partial charge >= 0.3 is 0 Å². The number of nitrogens with zero attached hydrogens (tertiary/aromatic N) is 4. The fourth-order valence-corrected chi connectivity index (χ4v) is 4.15. The molecule has 1 N–H and O–H groups in total. The number of benzene rings is 1. The van der Waals surface area contributed by atoms with Crippen molar-refractivity contribution >= 4 is 30.7 Å². The fraction of sp³-hybridized carbons (Fsp3) is 0.524. The molecule has 1 unspecified atom stereocenters. The zero-order valence-electron chi connectivity index (χ0n) is 16.7. The first-order valence-electron chi connectivity index (χ1n) is 10.1. The molecule has 0 radical (unpaired) electrons. The van der Waals surface area contributed by atoms with Gasteiger partial charge in [-0.05, 0) is 31.0 Å². The largest absolute Gasteiger partial charge is 0.339 e. The van der Waals surface area contributed by atoms with Crippen LogP contribution in [0.1, 0.15) is 30.0 Å². The van der Waals surface area contributed by atoms with Crippen LogP contribution in [0.3, 0.4) is 0 Å². The Labute approximate surface area is 185 Å². The van der Waals surface area contributed by atoms with Crippen molar-refractivity contribution in [1.29, 1.82) is 0 Å². The first-order chi connectivity index (χ1) is 13.3. The van der Waals surface area contributed by atoms with Crippen molar-refractivity contribution in [3.05, 3.63) is 53.9 Å². The highest BCUT2D eigenvalue weighted by atomic mass is 35.5. The highest BCUT2D eigenvalue weighted by Crippen LogP contribution is 2.23. The molecular weight excluding hydrogens is 409 g/mol. The van der Waals surface area contributed by atoms with Crippen molar-refractivity contribution in [1.82, 2.24) is 24.9 Å². The maximum atomic E-state index is 12.8. The summed E-state index contributed by atoms with van der Waals surface area (Å²) in [6.07, 6.45) is 4.19. The predicted octanol–water partition coefficient (Wildman–Crippen LogP) is 2.54. The van der Waals surface area contributed by atoms with E-state index in [2.05, 4.69) is 45.6 Å². The van der Waals surface area contributed by atoms with Crippen LogP contribution >= 0.6 is 24.8 Å². The van der Waals surface area contributed by atoms with E-state index in [-0.39, 0.29) is 30.7 Å². The number of carbonyl (C=O) groups excluding carboxylic acids is 1. The monoisotopic (exact) mass is 439 g/mol. The fourth-order valence-electron chi connectivity index (χ4n) is 4.15. The van der Waals surface area contributed by atoms with Gasteiger partial charge in [-0.15, -0.1) is 24.8 Å². The van der Waals surface area contributed by atoms with Crippen LogP contribution in [0.4, 0.5) is 0 Å². The zero-order valence-corrected chi connectivity index (χ0v) is 18.3. The van der Waals surface area contributed by atoms with Crippen LogP contribution < -0.4 is 5.32 Å². The molecule has 2 aliphatic heterocycles. The average Bonchev–Trinajstić information content (AvgIpc) is 3.18. The van der Waals surface area contributed by atoms with Crippen LogP contribution in [0.5, 0.6) is 0 Å². The van der Waals surface area contributed by atoms with E-state index in [0.717, 1.165) is 45.8 Å². The summed E-state index contributed by atoms with van der Waals surface area (Å²) in [5.74, 6) is 0.653. The second-order valence-electron chi connectivity index (χ2n) is 7.60. The van der Waals surface area contributed by atoms with Gasteiger partial charge in [0.05, 0.1) is 0 Å². The van der Waals surface area contributed by atoms with Gasteiger partial charge in [0.15, 0.2) is 0 Å². The lowest BCUT2D eigenvalue weighted by Crippen LogP contribution is -2.49. The summed E-state index contributed by atoms with van der Waals surface area (Å²) in [6, 6.07) is 12.6. The van der Waals surface area contributed by atoms with Gasteiger partial charge in [-0.3, -0.25) is 14.4 Å². The molecule has 3 heterocycles. The van der Waals surface area contributed by atoms with Gasteiger partial charge in [0, 0.05) is 57.1 Å². The highest BCUT2D eigenvalue weighted by molar-refractivity contribution is 5.85. The lowest BCUT2D eigenvalue weighted by molar-refractivity contribution is -0.133. The van der Waals surface area contributed by atoms with E-state index < -0.39 is 0 Å². The highest BCUT2D eigenvalue weighted by Gasteiger charge is 2.24. The van der Waals surface area contributed by atoms with E-state index in [0.29, 0.717) is 12.5 Å². The minimum Gasteiger partial charge on any atom is -0.339 e. The van der Waals surface area contributed by atoms with E-state index in [4.69, 9.17) is 0 Å². The third-order valence-corrected chi connectivity index (χ3v) is 5.72. The predicted molar refractivity (Wildman–Crippen MR) is 120 cm³/mol. The molecule has 2 aliphatic rings. The number of aromatic nitrogens is 2. The molecule has 0 bridgehead atoms. The normalized spacial score (nSPS) is 19.9. The summed E-state index contributed by atoms with van der Waals surface area (Å²) in [7, 11) is 0. The zero-order chi connectivity index (χ0) is 18.5. The lowest BCUT2D eigenvalue weighted by Gasteiger charge is -2.35. The van der Waals surface area contributed by atoms with Crippen LogP contribution in [-0.2, 0) is 17.9 Å². The Morgan fingerprint density at radius 3 is 2.52 bits per heavy atom. The van der Waals surface area contributed by atoms with Crippen LogP contribution in [-0.4, -0.2) is 64.8 Å². The van der Waals surface area contributed by atoms with Gasteiger partial charge in [-0.2, -0.15) is 5.10 Å². The molecular formula is C21H31Cl2N5O. The van der Waals surface area contributed by atoms with Crippen LogP contribution in [0.2, 0.25) is 0 Å². The van der Waals surface area contributed by atoms with E-state index in [9.17, 15) is 4.79 Å². The number of halogens is 2. The average molecular weight is 440 g/mol. The molecule has 1 amide bonds. The van der Waals surface area contributed by atoms with Crippen molar-refractivity contribution in [2.45, 2.75) is 31.8 Å². The summed E-state index contributed by atoms with van der Waals surface area (Å²) in [5, 5.41) is 7.88. The Morgan fingerprint density at radius 2 is 1.83 bits per heavy atom. The number of amides is 1. The molecule has 8 heteroatoms. The van der Waals surface area contributed by atoms with Crippen LogP contribution in [0.25, 0.3) is 0 Å². The Morgan fingerprint density at radius 1 is 1.07 bits per heavy atom. The molecule has 2 aromatic rings. The Kier molecular flexibility index (Phi) is 9.43. The van der Waals surface area contributed by atoms with Gasteiger partial charge in [-0.1, -0.05) is 30.3 Å². The molecule has 0 aliphatic carbocycles. The van der Waals surface area contributed by atoms with Gasteiger partial charge < -0.3 is 10.2 Å². The second kappa shape index (κ2) is 11.6. The molecule has 160 valence electrons. The summed E-state index contributed by atoms with van der Waals surface area (Å²) in [5.41, 5.74) is 2.53. The maximum Gasteiger partial charge on any atom is 0.244 e. The van der Waals surface area contributed by atoms with E-state index >= 15 is 0 Å². The number of nitrogens with one attached hydrogen (secondary N) is 1. The van der Waals surface area contributed by atoms with Crippen molar-refractivity contribution in [2.75, 3.05) is 39.3 Å². The molecule has 1 atom stereocenters. The molecule has 2 fully saturated rings. The number of hydrogen-bond acceptors (Lipinski definition) is 4. The van der Waals surface area contributed by atoms with Gasteiger partial charge in [0.25, 0.3) is 0 Å². The first-order valence-corrected chi connectivity index (χ1v) is 10.1. The molecule has 4 rings (SSSR count). The number of rotatable bonds is 5. The minimum atomic E-state index is 0. The van der Waals surface area contributed by atoms with E-state index in [1.807, 2.05) is 21.8 Å². The minimum absolute atomic E-state index is 0. The van der Waals surface area contributed by atoms with E-state index in [1.165, 1.54) is 24.1 Å². The van der Waals surface area contributed by atoms with Gasteiger partial charge in [0.1, 0.15) is 6.54 Å². The van der Waals surface area contributed by atoms with Gasteiger partial charge in [-0.25, -0.2) is 0 Å². The SMILES string of the molecule is Cl.Cl.O=C(Cn1nccc1C1CCCNC1)N1CCN(Cc2ccccc2)CC1. The molecule has 29 heavy (non-hydrogen) atoms. The maximum absolute atomic E-state index is 12.8. The Balaban J connectivity index is 0.00000150. The molecule has 1 aromatic heterocycles. The molecule has 0 spiro atoms. The van der Waals surface area contributed by atoms with E-state index in [1.54, 1.807) is 0 Å². The number of hydrogen-bond donors (Lipinski definition) is 1. The molecule has 2 saturated heterocycles. The molecule has 1 aromatic carbocycles. The van der Waals surface area contributed by atoms with Crippen molar-refractivity contribution in [3.8, 4) is 0 Å². The summed E-state index contributed by atoms with van der Waals surface area (Å²) < 4.78 is 1.91. The van der Waals surface area contributed by atoms with Crippen LogP contribution in [0.15, 0.2) is 42.6 Å². The molecule has 6 nitrogen and oxygen atoms in total. The Hall–Kier alpha value is -1.60. The summed E-state index contributed by atoms with van der Waals surface area (Å²) in [4.78, 5) is 17.2. The third-order valence-electron chi connectivity index (χ3n) is 5.72. The second-order valence-corrected chi connectivity index (χ2v) is 7.60. The topological polar surface area (TPSA) is 53.4 Å². The summed E-state index contributed by atoms with van der Waals surface area (Å²) >= 11 is 0. The summed E-state index contributed by atoms with van der Waals surface area (Å²) in [6.45, 7) is 6.85. The number of piperidine rings is 1. The third kappa shape index (κ3) is 6.19. The Bertz CT molecular complexity index is 741. The number of carbonyl (C=O) groups is 1.